The zero-order valence-corrected chi connectivity index (χ0v) is 16.4. The van der Waals surface area contributed by atoms with Crippen molar-refractivity contribution in [2.45, 2.75) is 25.3 Å². The zero-order chi connectivity index (χ0) is 20.2. The Labute approximate surface area is 173 Å². The van der Waals surface area contributed by atoms with Crippen molar-refractivity contribution in [2.24, 2.45) is 0 Å². The van der Waals surface area contributed by atoms with Gasteiger partial charge < -0.3 is 14.1 Å². The first-order valence-electron chi connectivity index (χ1n) is 9.46. The van der Waals surface area contributed by atoms with Crippen LogP contribution in [-0.4, -0.2) is 28.9 Å². The van der Waals surface area contributed by atoms with Crippen LogP contribution in [0.3, 0.4) is 0 Å². The molecule has 2 heterocycles. The first-order valence-corrected chi connectivity index (χ1v) is 9.84. The standard InChI is InChI=1S/C22H20ClFN2O3/c23-17-7-2-1-6-15(17)12-16-13-25-22(29-16)19-9-5-11-26(19)21(27)14-28-20-10-4-3-8-18(20)24/h1-4,6-8,10,13,19H,5,9,11-12,14H2/t19-/m0/s1. The molecule has 1 atom stereocenters. The van der Waals surface area contributed by atoms with Crippen molar-refractivity contribution in [3.8, 4) is 5.75 Å². The lowest BCUT2D eigenvalue weighted by Crippen LogP contribution is -2.34. The molecule has 0 aliphatic carbocycles. The number of likely N-dealkylation sites (tertiary alicyclic amines) is 1. The molecule has 0 radical (unpaired) electrons. The predicted molar refractivity (Wildman–Crippen MR) is 106 cm³/mol. The summed E-state index contributed by atoms with van der Waals surface area (Å²) in [5.74, 6) is 0.547. The summed E-state index contributed by atoms with van der Waals surface area (Å²) in [4.78, 5) is 18.7. The molecular formula is C22H20ClFN2O3. The second kappa shape index (κ2) is 8.66. The van der Waals surface area contributed by atoms with E-state index in [9.17, 15) is 9.18 Å². The Kier molecular flexibility index (Phi) is 5.81. The van der Waals surface area contributed by atoms with Gasteiger partial charge in [-0.3, -0.25) is 4.79 Å². The number of rotatable bonds is 6. The van der Waals surface area contributed by atoms with Gasteiger partial charge in [0.1, 0.15) is 11.8 Å². The Balaban J connectivity index is 1.42. The summed E-state index contributed by atoms with van der Waals surface area (Å²) < 4.78 is 25.0. The molecule has 3 aromatic rings. The highest BCUT2D eigenvalue weighted by atomic mass is 35.5. The van der Waals surface area contributed by atoms with Gasteiger partial charge in [-0.1, -0.05) is 41.9 Å². The van der Waals surface area contributed by atoms with Crippen molar-refractivity contribution >= 4 is 17.5 Å². The van der Waals surface area contributed by atoms with E-state index in [1.54, 1.807) is 23.2 Å². The molecule has 0 N–H and O–H groups in total. The number of oxazole rings is 1. The van der Waals surface area contributed by atoms with Crippen molar-refractivity contribution in [3.05, 3.63) is 82.8 Å². The van der Waals surface area contributed by atoms with E-state index in [0.29, 0.717) is 29.6 Å². The maximum absolute atomic E-state index is 13.7. The van der Waals surface area contributed by atoms with E-state index in [2.05, 4.69) is 4.98 Å². The van der Waals surface area contributed by atoms with E-state index >= 15 is 0 Å². The number of amides is 1. The van der Waals surface area contributed by atoms with E-state index in [4.69, 9.17) is 20.8 Å². The highest BCUT2D eigenvalue weighted by molar-refractivity contribution is 6.31. The van der Waals surface area contributed by atoms with Crippen molar-refractivity contribution < 1.29 is 18.3 Å². The first-order chi connectivity index (χ1) is 14.1. The van der Waals surface area contributed by atoms with Gasteiger partial charge in [0.2, 0.25) is 5.89 Å². The number of carbonyl (C=O) groups excluding carboxylic acids is 1. The third-order valence-electron chi connectivity index (χ3n) is 4.94. The maximum Gasteiger partial charge on any atom is 0.261 e. The lowest BCUT2D eigenvalue weighted by atomic mass is 10.1. The molecule has 1 aliphatic heterocycles. The summed E-state index contributed by atoms with van der Waals surface area (Å²) >= 11 is 6.21. The molecule has 7 heteroatoms. The largest absolute Gasteiger partial charge is 0.481 e. The summed E-state index contributed by atoms with van der Waals surface area (Å²) in [7, 11) is 0. The SMILES string of the molecule is O=C(COc1ccccc1F)N1CCC[C@H]1c1ncc(Cc2ccccc2Cl)o1. The number of carbonyl (C=O) groups is 1. The Hall–Kier alpha value is -2.86. The van der Waals surface area contributed by atoms with E-state index in [0.717, 1.165) is 18.4 Å². The minimum Gasteiger partial charge on any atom is -0.481 e. The van der Waals surface area contributed by atoms with E-state index < -0.39 is 5.82 Å². The number of ether oxygens (including phenoxy) is 1. The van der Waals surface area contributed by atoms with Crippen molar-refractivity contribution in [1.29, 1.82) is 0 Å². The Morgan fingerprint density at radius 1 is 1.24 bits per heavy atom. The molecule has 1 saturated heterocycles. The number of hydrogen-bond acceptors (Lipinski definition) is 4. The molecule has 150 valence electrons. The molecule has 1 fully saturated rings. The highest BCUT2D eigenvalue weighted by Gasteiger charge is 2.33. The van der Waals surface area contributed by atoms with Crippen LogP contribution in [0.2, 0.25) is 5.02 Å². The average Bonchev–Trinajstić information content (AvgIpc) is 3.38. The van der Waals surface area contributed by atoms with Crippen molar-refractivity contribution in [1.82, 2.24) is 9.88 Å². The molecule has 0 spiro atoms. The van der Waals surface area contributed by atoms with Gasteiger partial charge in [0, 0.05) is 18.0 Å². The molecule has 0 unspecified atom stereocenters. The minimum atomic E-state index is -0.491. The number of aromatic nitrogens is 1. The fraction of sp³-hybridized carbons (Fsp3) is 0.273. The smallest absolute Gasteiger partial charge is 0.261 e. The summed E-state index contributed by atoms with van der Waals surface area (Å²) in [5.41, 5.74) is 0.953. The highest BCUT2D eigenvalue weighted by Crippen LogP contribution is 2.32. The fourth-order valence-corrected chi connectivity index (χ4v) is 3.70. The van der Waals surface area contributed by atoms with Crippen LogP contribution in [0.5, 0.6) is 5.75 Å². The van der Waals surface area contributed by atoms with Gasteiger partial charge >= 0.3 is 0 Å². The van der Waals surface area contributed by atoms with E-state index in [1.807, 2.05) is 24.3 Å². The third-order valence-corrected chi connectivity index (χ3v) is 5.31. The monoisotopic (exact) mass is 414 g/mol. The quantitative estimate of drug-likeness (QED) is 0.581. The van der Waals surface area contributed by atoms with Crippen LogP contribution in [-0.2, 0) is 11.2 Å². The average molecular weight is 415 g/mol. The molecule has 4 rings (SSSR count). The van der Waals surface area contributed by atoms with Gasteiger partial charge in [-0.05, 0) is 36.6 Å². The van der Waals surface area contributed by atoms with Crippen molar-refractivity contribution in [2.75, 3.05) is 13.2 Å². The zero-order valence-electron chi connectivity index (χ0n) is 15.7. The second-order valence-electron chi connectivity index (χ2n) is 6.90. The lowest BCUT2D eigenvalue weighted by Gasteiger charge is -2.22. The number of para-hydroxylation sites is 1. The Bertz CT molecular complexity index is 1010. The second-order valence-corrected chi connectivity index (χ2v) is 7.30. The molecule has 29 heavy (non-hydrogen) atoms. The van der Waals surface area contributed by atoms with Crippen LogP contribution in [0.1, 0.15) is 36.1 Å². The van der Waals surface area contributed by atoms with Gasteiger partial charge in [-0.15, -0.1) is 0 Å². The summed E-state index contributed by atoms with van der Waals surface area (Å²) in [6.07, 6.45) is 3.81. The van der Waals surface area contributed by atoms with Crippen molar-refractivity contribution in [3.63, 3.8) is 0 Å². The van der Waals surface area contributed by atoms with E-state index in [-0.39, 0.29) is 24.3 Å². The molecule has 5 nitrogen and oxygen atoms in total. The van der Waals surface area contributed by atoms with Crippen LogP contribution in [0, 0.1) is 5.82 Å². The number of hydrogen-bond donors (Lipinski definition) is 0. The first kappa shape index (κ1) is 19.5. The van der Waals surface area contributed by atoms with Crippen LogP contribution in [0.4, 0.5) is 4.39 Å². The van der Waals surface area contributed by atoms with Crippen LogP contribution >= 0.6 is 11.6 Å². The molecule has 1 aromatic heterocycles. The van der Waals surface area contributed by atoms with Gasteiger partial charge in [0.25, 0.3) is 5.91 Å². The van der Waals surface area contributed by atoms with Crippen LogP contribution in [0.15, 0.2) is 59.1 Å². The summed E-state index contributed by atoms with van der Waals surface area (Å²) in [6.45, 7) is 0.358. The topological polar surface area (TPSA) is 55.6 Å². The van der Waals surface area contributed by atoms with E-state index in [1.165, 1.54) is 12.1 Å². The van der Waals surface area contributed by atoms with Gasteiger partial charge in [-0.2, -0.15) is 0 Å². The summed E-state index contributed by atoms with van der Waals surface area (Å²) in [6, 6.07) is 13.4. The van der Waals surface area contributed by atoms with Gasteiger partial charge in [0.15, 0.2) is 18.2 Å². The lowest BCUT2D eigenvalue weighted by molar-refractivity contribution is -0.134. The molecule has 1 aliphatic rings. The van der Waals surface area contributed by atoms with Gasteiger partial charge in [-0.25, -0.2) is 9.37 Å². The Morgan fingerprint density at radius 2 is 2.03 bits per heavy atom. The minimum absolute atomic E-state index is 0.0646. The van der Waals surface area contributed by atoms with Gasteiger partial charge in [0.05, 0.1) is 6.20 Å². The third kappa shape index (κ3) is 4.43. The number of nitrogens with zero attached hydrogens (tertiary/aromatic N) is 2. The Morgan fingerprint density at radius 3 is 2.86 bits per heavy atom. The molecule has 0 bridgehead atoms. The fourth-order valence-electron chi connectivity index (χ4n) is 3.49. The molecule has 0 saturated carbocycles. The molecule has 1 amide bonds. The summed E-state index contributed by atoms with van der Waals surface area (Å²) in [5, 5.41) is 0.674. The predicted octanol–water partition coefficient (Wildman–Crippen LogP) is 4.80. The maximum atomic E-state index is 13.7. The molecule has 2 aromatic carbocycles. The number of halogens is 2. The molecular weight excluding hydrogens is 395 g/mol. The number of benzene rings is 2. The van der Waals surface area contributed by atoms with Crippen LogP contribution in [0.25, 0.3) is 0 Å². The normalized spacial score (nSPS) is 16.2. The van der Waals surface area contributed by atoms with Crippen LogP contribution < -0.4 is 4.74 Å².